The fraction of sp³-hybridized carbons (Fsp3) is 0.250. The number of ether oxygens (including phenoxy) is 1. The number of aryl methyl sites for hydroxylation is 1. The maximum atomic E-state index is 5.75. The van der Waals surface area contributed by atoms with Crippen molar-refractivity contribution in [1.29, 1.82) is 0 Å². The Morgan fingerprint density at radius 3 is 2.75 bits per heavy atom. The number of halogens is 1. The molecular formula is C16H19BrN2O. The summed E-state index contributed by atoms with van der Waals surface area (Å²) in [5.41, 5.74) is 6.52. The Labute approximate surface area is 128 Å². The van der Waals surface area contributed by atoms with Crippen molar-refractivity contribution in [2.45, 2.75) is 19.4 Å². The third-order valence-electron chi connectivity index (χ3n) is 3.39. The summed E-state index contributed by atoms with van der Waals surface area (Å²) in [4.78, 5) is 0. The predicted molar refractivity (Wildman–Crippen MR) is 85.6 cm³/mol. The molecule has 2 rings (SSSR count). The second-order valence-corrected chi connectivity index (χ2v) is 5.69. The lowest BCUT2D eigenvalue weighted by molar-refractivity contribution is 0.414. The van der Waals surface area contributed by atoms with E-state index < -0.39 is 0 Å². The molecule has 3 nitrogen and oxygen atoms in total. The van der Waals surface area contributed by atoms with Crippen molar-refractivity contribution in [3.8, 4) is 5.75 Å². The number of hydrogen-bond acceptors (Lipinski definition) is 3. The maximum absolute atomic E-state index is 5.75. The van der Waals surface area contributed by atoms with Crippen LogP contribution in [0.25, 0.3) is 0 Å². The molecule has 4 heteroatoms. The van der Waals surface area contributed by atoms with Crippen molar-refractivity contribution in [2.75, 3.05) is 7.11 Å². The first-order valence-corrected chi connectivity index (χ1v) is 7.28. The van der Waals surface area contributed by atoms with E-state index in [0.717, 1.165) is 16.6 Å². The fourth-order valence-corrected chi connectivity index (χ4v) is 2.66. The maximum Gasteiger partial charge on any atom is 0.119 e. The molecule has 0 radical (unpaired) electrons. The summed E-state index contributed by atoms with van der Waals surface area (Å²) in [7, 11) is 1.68. The molecule has 106 valence electrons. The van der Waals surface area contributed by atoms with Crippen LogP contribution in [0.3, 0.4) is 0 Å². The van der Waals surface area contributed by atoms with Gasteiger partial charge in [-0.2, -0.15) is 0 Å². The van der Waals surface area contributed by atoms with E-state index >= 15 is 0 Å². The van der Waals surface area contributed by atoms with Crippen LogP contribution < -0.4 is 16.0 Å². The molecule has 0 saturated heterocycles. The zero-order chi connectivity index (χ0) is 14.5. The second-order valence-electron chi connectivity index (χ2n) is 4.78. The fourth-order valence-electron chi connectivity index (χ4n) is 2.28. The number of benzene rings is 2. The molecule has 0 fully saturated rings. The van der Waals surface area contributed by atoms with E-state index in [1.807, 2.05) is 24.3 Å². The Hall–Kier alpha value is -1.36. The first kappa shape index (κ1) is 15.0. The average Bonchev–Trinajstić information content (AvgIpc) is 2.47. The molecule has 2 aromatic carbocycles. The van der Waals surface area contributed by atoms with Crippen molar-refractivity contribution < 1.29 is 4.74 Å². The van der Waals surface area contributed by atoms with Crippen LogP contribution in [0.4, 0.5) is 0 Å². The highest BCUT2D eigenvalue weighted by atomic mass is 79.9. The first-order chi connectivity index (χ1) is 9.63. The SMILES string of the molecule is COc1cccc(CC(NN)c2cc(Br)ccc2C)c1. The van der Waals surface area contributed by atoms with Gasteiger partial charge in [-0.25, -0.2) is 0 Å². The van der Waals surface area contributed by atoms with Gasteiger partial charge in [-0.05, 0) is 54.3 Å². The van der Waals surface area contributed by atoms with Gasteiger partial charge in [-0.3, -0.25) is 11.3 Å². The molecule has 0 saturated carbocycles. The zero-order valence-electron chi connectivity index (χ0n) is 11.7. The molecule has 1 unspecified atom stereocenters. The topological polar surface area (TPSA) is 47.3 Å². The third kappa shape index (κ3) is 3.60. The standard InChI is InChI=1S/C16H19BrN2O/c1-11-6-7-13(17)10-15(11)16(19-18)9-12-4-3-5-14(8-12)20-2/h3-8,10,16,19H,9,18H2,1-2H3. The highest BCUT2D eigenvalue weighted by molar-refractivity contribution is 9.10. The third-order valence-corrected chi connectivity index (χ3v) is 3.89. The van der Waals surface area contributed by atoms with Crippen LogP contribution in [0.5, 0.6) is 5.75 Å². The Kier molecular flexibility index (Phi) is 5.17. The molecule has 0 spiro atoms. The summed E-state index contributed by atoms with van der Waals surface area (Å²) < 4.78 is 6.32. The van der Waals surface area contributed by atoms with Gasteiger partial charge in [0.15, 0.2) is 0 Å². The van der Waals surface area contributed by atoms with Crippen molar-refractivity contribution >= 4 is 15.9 Å². The molecule has 3 N–H and O–H groups in total. The van der Waals surface area contributed by atoms with Gasteiger partial charge in [-0.1, -0.05) is 34.1 Å². The minimum atomic E-state index is 0.0691. The van der Waals surface area contributed by atoms with Crippen LogP contribution in [0.2, 0.25) is 0 Å². The van der Waals surface area contributed by atoms with Gasteiger partial charge < -0.3 is 4.74 Å². The van der Waals surface area contributed by atoms with Gasteiger partial charge in [0, 0.05) is 4.47 Å². The molecule has 0 heterocycles. The molecule has 0 aromatic heterocycles. The lowest BCUT2D eigenvalue weighted by Crippen LogP contribution is -2.30. The van der Waals surface area contributed by atoms with Gasteiger partial charge in [0.05, 0.1) is 13.2 Å². The molecule has 1 atom stereocenters. The van der Waals surface area contributed by atoms with E-state index in [9.17, 15) is 0 Å². The number of hydrogen-bond donors (Lipinski definition) is 2. The van der Waals surface area contributed by atoms with E-state index in [1.165, 1.54) is 16.7 Å². The number of rotatable bonds is 5. The van der Waals surface area contributed by atoms with E-state index in [4.69, 9.17) is 10.6 Å². The predicted octanol–water partition coefficient (Wildman–Crippen LogP) is 3.51. The first-order valence-electron chi connectivity index (χ1n) is 6.49. The molecular weight excluding hydrogens is 316 g/mol. The van der Waals surface area contributed by atoms with Crippen molar-refractivity contribution in [1.82, 2.24) is 5.43 Å². The molecule has 0 bridgehead atoms. The van der Waals surface area contributed by atoms with E-state index in [-0.39, 0.29) is 6.04 Å². The number of nitrogens with one attached hydrogen (secondary N) is 1. The Bertz CT molecular complexity index is 586. The lowest BCUT2D eigenvalue weighted by Gasteiger charge is -2.19. The quantitative estimate of drug-likeness (QED) is 0.649. The van der Waals surface area contributed by atoms with E-state index in [0.29, 0.717) is 0 Å². The largest absolute Gasteiger partial charge is 0.497 e. The lowest BCUT2D eigenvalue weighted by atomic mass is 9.96. The van der Waals surface area contributed by atoms with Crippen LogP contribution >= 0.6 is 15.9 Å². The van der Waals surface area contributed by atoms with E-state index in [1.54, 1.807) is 7.11 Å². The Balaban J connectivity index is 2.26. The summed E-state index contributed by atoms with van der Waals surface area (Å²) in [5, 5.41) is 0. The monoisotopic (exact) mass is 334 g/mol. The minimum Gasteiger partial charge on any atom is -0.497 e. The minimum absolute atomic E-state index is 0.0691. The van der Waals surface area contributed by atoms with Gasteiger partial charge in [-0.15, -0.1) is 0 Å². The summed E-state index contributed by atoms with van der Waals surface area (Å²) >= 11 is 3.51. The second kappa shape index (κ2) is 6.88. The molecule has 2 aromatic rings. The summed E-state index contributed by atoms with van der Waals surface area (Å²) in [6.45, 7) is 2.09. The van der Waals surface area contributed by atoms with Gasteiger partial charge in [0.25, 0.3) is 0 Å². The van der Waals surface area contributed by atoms with Crippen LogP contribution in [0, 0.1) is 6.92 Å². The normalized spacial score (nSPS) is 12.2. The Morgan fingerprint density at radius 1 is 1.25 bits per heavy atom. The van der Waals surface area contributed by atoms with Gasteiger partial charge >= 0.3 is 0 Å². The van der Waals surface area contributed by atoms with Crippen LogP contribution in [-0.4, -0.2) is 7.11 Å². The summed E-state index contributed by atoms with van der Waals surface area (Å²) in [5.74, 6) is 6.61. The summed E-state index contributed by atoms with van der Waals surface area (Å²) in [6, 6.07) is 14.4. The zero-order valence-corrected chi connectivity index (χ0v) is 13.3. The average molecular weight is 335 g/mol. The Morgan fingerprint density at radius 2 is 2.05 bits per heavy atom. The van der Waals surface area contributed by atoms with Crippen molar-refractivity contribution in [3.63, 3.8) is 0 Å². The molecule has 20 heavy (non-hydrogen) atoms. The number of hydrazine groups is 1. The number of methoxy groups -OCH3 is 1. The molecule has 0 aliphatic carbocycles. The van der Waals surface area contributed by atoms with Gasteiger partial charge in [0.2, 0.25) is 0 Å². The van der Waals surface area contributed by atoms with Gasteiger partial charge in [0.1, 0.15) is 5.75 Å². The van der Waals surface area contributed by atoms with Crippen LogP contribution in [0.15, 0.2) is 46.9 Å². The highest BCUT2D eigenvalue weighted by Gasteiger charge is 2.13. The molecule has 0 amide bonds. The van der Waals surface area contributed by atoms with Crippen LogP contribution in [0.1, 0.15) is 22.7 Å². The van der Waals surface area contributed by atoms with E-state index in [2.05, 4.69) is 46.5 Å². The van der Waals surface area contributed by atoms with Crippen molar-refractivity contribution in [3.05, 3.63) is 63.6 Å². The number of nitrogens with two attached hydrogens (primary N) is 1. The van der Waals surface area contributed by atoms with Crippen LogP contribution in [-0.2, 0) is 6.42 Å². The molecule has 0 aliphatic rings. The smallest absolute Gasteiger partial charge is 0.119 e. The van der Waals surface area contributed by atoms with Crippen molar-refractivity contribution in [2.24, 2.45) is 5.84 Å². The molecule has 0 aliphatic heterocycles. The highest BCUT2D eigenvalue weighted by Crippen LogP contribution is 2.25. The summed E-state index contributed by atoms with van der Waals surface area (Å²) in [6.07, 6.45) is 0.811.